The maximum Gasteiger partial charge on any atom is 0.646 e. The molecule has 4 fully saturated rings. The van der Waals surface area contributed by atoms with Crippen LogP contribution >= 0.6 is 32.2 Å². The number of benzene rings is 2. The highest BCUT2D eigenvalue weighted by Crippen LogP contribution is 2.58. The van der Waals surface area contributed by atoms with Gasteiger partial charge in [-0.1, -0.05) is 50.2 Å². The standard InChI is InChI=1S/C28H36NO8PSi.C17H24N2O5S.C4H7NOS/c1-19-26-25(20(2)37-39(4,5)6)28(31)29(26)24(17-18-33-21(3)30)27(19)36-38(32,34-22-13-9-7-10-14-22)35-23-15-11-8-12-16-23;1-8-15-14(9(2)20)17(23)19(15)12(4-5-24-10(3)21)16(8)25-11-6-13(22)18-7-11;6-4-1-3(7)2-5-4/h7-16,19-20,25-26H,17-18H2,1-6H3;8-9,11,14-15,20H,4-7H2,1-3H3,(H,18,22);3,7H,1-2H2,(H,5,6)/t19-,20-,25-,26-;8-,9-,11?,14-,15-;3-/m111/s1. The average Bonchev–Trinajstić information content (AvgIpc) is 3.99. The summed E-state index contributed by atoms with van der Waals surface area (Å²) in [7, 11) is -6.20. The summed E-state index contributed by atoms with van der Waals surface area (Å²) >= 11 is 5.71. The second-order valence-electron chi connectivity index (χ2n) is 19.3. The number of hydrogen-bond donors (Lipinski definition) is 4. The number of esters is 2. The van der Waals surface area contributed by atoms with Crippen LogP contribution in [0.5, 0.6) is 11.5 Å². The Bertz CT molecular complexity index is 2360. The van der Waals surface area contributed by atoms with Gasteiger partial charge in [-0.2, -0.15) is 17.2 Å². The number of nitrogens with one attached hydrogen (secondary N) is 2. The topological polar surface area (TPSA) is 226 Å². The molecule has 6 aliphatic heterocycles. The van der Waals surface area contributed by atoms with Gasteiger partial charge in [0.2, 0.25) is 23.6 Å². The number of hydrogen-bond acceptors (Lipinski definition) is 16. The van der Waals surface area contributed by atoms with Crippen LogP contribution in [0.4, 0.5) is 0 Å². The van der Waals surface area contributed by atoms with Gasteiger partial charge in [-0.3, -0.25) is 28.8 Å². The van der Waals surface area contributed by atoms with E-state index in [2.05, 4.69) is 49.8 Å². The molecule has 0 aromatic heterocycles. The van der Waals surface area contributed by atoms with Crippen LogP contribution < -0.4 is 19.7 Å². The third-order valence-electron chi connectivity index (χ3n) is 12.6. The van der Waals surface area contributed by atoms with Crippen molar-refractivity contribution in [2.75, 3.05) is 26.3 Å². The Morgan fingerprint density at radius 3 is 1.70 bits per heavy atom. The van der Waals surface area contributed by atoms with Gasteiger partial charge >= 0.3 is 19.8 Å². The van der Waals surface area contributed by atoms with Crippen molar-refractivity contribution in [3.63, 3.8) is 0 Å². The fourth-order valence-electron chi connectivity index (χ4n) is 9.64. The SMILES string of the molecule is CC(=O)OCCC1=C(OP(=O)(Oc2ccccc2)Oc2ccccc2)[C@H](C)[C@@H]2[C@@H]([C@@H](C)O[Si](C)(C)C)C(=O)N12.CC(=O)OCCC1=C(SC2CNC(=O)C2)[C@H](C)[C@@H]2[C@@H]([C@@H](C)O)C(=O)N12.O=C1C[C@@H](S)CN1. The molecule has 0 radical (unpaired) electrons. The van der Waals surface area contributed by atoms with E-state index < -0.39 is 28.2 Å². The number of phosphoric acid groups is 1. The van der Waals surface area contributed by atoms with Gasteiger partial charge < -0.3 is 53.0 Å². The second kappa shape index (κ2) is 23.8. The Morgan fingerprint density at radius 1 is 0.761 bits per heavy atom. The van der Waals surface area contributed by atoms with Crippen LogP contribution in [-0.2, 0) is 51.8 Å². The minimum Gasteiger partial charge on any atom is -0.465 e. The molecule has 2 aromatic rings. The van der Waals surface area contributed by atoms with Crippen LogP contribution in [-0.4, -0.2) is 120 Å². The third kappa shape index (κ3) is 13.8. The minimum absolute atomic E-state index is 0.0375. The van der Waals surface area contributed by atoms with Gasteiger partial charge in [0, 0.05) is 85.6 Å². The van der Waals surface area contributed by atoms with Crippen LogP contribution in [0.15, 0.2) is 82.7 Å². The molecule has 388 valence electrons. The highest BCUT2D eigenvalue weighted by molar-refractivity contribution is 8.03. The molecule has 10 atom stereocenters. The minimum atomic E-state index is -4.29. The zero-order valence-electron chi connectivity index (χ0n) is 41.7. The first-order chi connectivity index (χ1) is 33.5. The van der Waals surface area contributed by atoms with Gasteiger partial charge in [-0.05, 0) is 57.8 Å². The molecule has 0 bridgehead atoms. The smallest absolute Gasteiger partial charge is 0.465 e. The summed E-state index contributed by atoms with van der Waals surface area (Å²) in [6, 6.07) is 16.9. The molecule has 4 saturated heterocycles. The molecule has 71 heavy (non-hydrogen) atoms. The van der Waals surface area contributed by atoms with E-state index >= 15 is 0 Å². The van der Waals surface area contributed by atoms with Gasteiger partial charge in [-0.25, -0.2) is 0 Å². The molecule has 4 amide bonds. The van der Waals surface area contributed by atoms with Crippen LogP contribution in [0, 0.1) is 23.7 Å². The molecule has 18 nitrogen and oxygen atoms in total. The fraction of sp³-hybridized carbons (Fsp3) is 0.551. The van der Waals surface area contributed by atoms with E-state index in [-0.39, 0.29) is 102 Å². The molecule has 6 heterocycles. The lowest BCUT2D eigenvalue weighted by Gasteiger charge is -2.48. The molecule has 3 N–H and O–H groups in total. The zero-order valence-corrected chi connectivity index (χ0v) is 45.3. The maximum absolute atomic E-state index is 14.2. The molecular formula is C49H67N4O14PS2Si. The van der Waals surface area contributed by atoms with E-state index in [1.54, 1.807) is 77.0 Å². The van der Waals surface area contributed by atoms with Crippen LogP contribution in [0.3, 0.4) is 0 Å². The van der Waals surface area contributed by atoms with E-state index in [4.69, 9.17) is 27.5 Å². The summed E-state index contributed by atoms with van der Waals surface area (Å²) in [5.41, 5.74) is 1.38. The number of aliphatic hydroxyl groups is 1. The number of carbonyl (C=O) groups excluding carboxylic acids is 6. The van der Waals surface area contributed by atoms with Gasteiger partial charge in [0.25, 0.3) is 0 Å². The van der Waals surface area contributed by atoms with E-state index in [9.17, 15) is 38.4 Å². The van der Waals surface area contributed by atoms with E-state index in [0.29, 0.717) is 48.8 Å². The molecule has 0 spiro atoms. The fourth-order valence-corrected chi connectivity index (χ4v) is 14.0. The van der Waals surface area contributed by atoms with Gasteiger partial charge in [0.05, 0.1) is 55.0 Å². The predicted molar refractivity (Wildman–Crippen MR) is 271 cm³/mol. The number of carbonyl (C=O) groups is 6. The largest absolute Gasteiger partial charge is 0.646 e. The first-order valence-corrected chi connectivity index (χ1v) is 30.2. The number of fused-ring (bicyclic) bond motifs is 2. The number of β-lactam (4-membered cyclic amide) rings is 2. The molecule has 6 aliphatic rings. The maximum atomic E-state index is 14.2. The summed E-state index contributed by atoms with van der Waals surface area (Å²) < 4.78 is 48.5. The van der Waals surface area contributed by atoms with Gasteiger partial charge in [0.15, 0.2) is 8.32 Å². The van der Waals surface area contributed by atoms with Crippen molar-refractivity contribution in [3.8, 4) is 11.5 Å². The Balaban J connectivity index is 0.000000218. The number of thiol groups is 1. The third-order valence-corrected chi connectivity index (χ3v) is 16.8. The first-order valence-electron chi connectivity index (χ1n) is 23.9. The molecule has 8 rings (SSSR count). The highest BCUT2D eigenvalue weighted by Gasteiger charge is 2.61. The number of aliphatic hydroxyl groups excluding tert-OH is 1. The second-order valence-corrected chi connectivity index (χ2v) is 27.2. The monoisotopic (exact) mass is 1060 g/mol. The lowest BCUT2D eigenvalue weighted by atomic mass is 9.79. The predicted octanol–water partition coefficient (Wildman–Crippen LogP) is 6.59. The van der Waals surface area contributed by atoms with Crippen molar-refractivity contribution < 1.29 is 65.9 Å². The summed E-state index contributed by atoms with van der Waals surface area (Å²) in [5.74, 6) is -0.859. The number of thioether (sulfide) groups is 1. The van der Waals surface area contributed by atoms with Crippen molar-refractivity contribution in [2.24, 2.45) is 23.7 Å². The molecule has 0 aliphatic carbocycles. The van der Waals surface area contributed by atoms with E-state index in [1.807, 2.05) is 26.0 Å². The highest BCUT2D eigenvalue weighted by atomic mass is 32.2. The number of nitrogens with zero attached hydrogens (tertiary/aromatic N) is 2. The molecule has 22 heteroatoms. The van der Waals surface area contributed by atoms with Crippen LogP contribution in [0.25, 0.3) is 0 Å². The number of rotatable bonds is 18. The summed E-state index contributed by atoms with van der Waals surface area (Å²) in [6.07, 6.45) is 0.739. The van der Waals surface area contributed by atoms with Gasteiger partial charge in [-0.15, -0.1) is 11.8 Å². The van der Waals surface area contributed by atoms with Crippen molar-refractivity contribution >= 4 is 76.1 Å². The zero-order chi connectivity index (χ0) is 51.9. The Morgan fingerprint density at radius 2 is 1.25 bits per heavy atom. The number of phosphoric ester groups is 1. The summed E-state index contributed by atoms with van der Waals surface area (Å²) in [5, 5.41) is 15.8. The van der Waals surface area contributed by atoms with Crippen LogP contribution in [0.1, 0.15) is 67.2 Å². The molecule has 2 aromatic carbocycles. The van der Waals surface area contributed by atoms with E-state index in [0.717, 1.165) is 17.1 Å². The number of ether oxygens (including phenoxy) is 2. The van der Waals surface area contributed by atoms with Crippen molar-refractivity contribution in [2.45, 2.75) is 122 Å². The van der Waals surface area contributed by atoms with E-state index in [1.165, 1.54) is 13.8 Å². The average molecular weight is 1060 g/mol. The lowest BCUT2D eigenvalue weighted by Crippen LogP contribution is -2.64. The van der Waals surface area contributed by atoms with Gasteiger partial charge in [0.1, 0.15) is 17.3 Å². The Kier molecular flexibility index (Phi) is 18.6. The molecule has 0 saturated carbocycles. The first kappa shape index (κ1) is 55.5. The van der Waals surface area contributed by atoms with Crippen molar-refractivity contribution in [1.29, 1.82) is 0 Å². The Labute approximate surface area is 426 Å². The lowest BCUT2D eigenvalue weighted by molar-refractivity contribution is -0.160. The molecular weight excluding hydrogens is 992 g/mol. The molecule has 1 unspecified atom stereocenters. The summed E-state index contributed by atoms with van der Waals surface area (Å²) in [4.78, 5) is 74.7. The summed E-state index contributed by atoms with van der Waals surface area (Å²) in [6.45, 7) is 18.1. The van der Waals surface area contributed by atoms with Crippen LogP contribution in [0.2, 0.25) is 19.6 Å². The number of para-hydroxylation sites is 2. The normalized spacial score (nSPS) is 26.3. The van der Waals surface area contributed by atoms with Crippen molar-refractivity contribution in [3.05, 3.63) is 82.7 Å². The number of amides is 4. The Hall–Kier alpha value is -4.79. The quantitative estimate of drug-likeness (QED) is 0.0407. The van der Waals surface area contributed by atoms with Crippen molar-refractivity contribution in [1.82, 2.24) is 20.4 Å².